The Hall–Kier alpha value is -1.53. The Morgan fingerprint density at radius 3 is 2.92 bits per heavy atom. The average molecular weight is 182 g/mol. The molecule has 0 amide bonds. The molecule has 0 aliphatic heterocycles. The summed E-state index contributed by atoms with van der Waals surface area (Å²) in [6.45, 7) is 0.216. The number of pyridine rings is 1. The van der Waals surface area contributed by atoms with E-state index < -0.39 is 11.0 Å². The Bertz CT molecular complexity index is 315. The highest BCUT2D eigenvalue weighted by Crippen LogP contribution is 2.14. The summed E-state index contributed by atoms with van der Waals surface area (Å²) in [7, 11) is 0. The fourth-order valence-electron chi connectivity index (χ4n) is 0.874. The van der Waals surface area contributed by atoms with Crippen LogP contribution in [0.3, 0.4) is 0 Å². The van der Waals surface area contributed by atoms with Gasteiger partial charge in [0.05, 0.1) is 16.7 Å². The van der Waals surface area contributed by atoms with Gasteiger partial charge in [0, 0.05) is 24.9 Å². The highest BCUT2D eigenvalue weighted by Gasteiger charge is 2.10. The van der Waals surface area contributed by atoms with Gasteiger partial charge in [-0.2, -0.15) is 0 Å². The SMILES string of the molecule is NCC(N)c1cc([N+](=O)[O-])ccn1. The van der Waals surface area contributed by atoms with Crippen LogP contribution in [-0.2, 0) is 0 Å². The number of hydrogen-bond acceptors (Lipinski definition) is 5. The van der Waals surface area contributed by atoms with Crippen molar-refractivity contribution in [3.8, 4) is 0 Å². The van der Waals surface area contributed by atoms with Gasteiger partial charge < -0.3 is 11.5 Å². The number of hydrogen-bond donors (Lipinski definition) is 2. The van der Waals surface area contributed by atoms with Crippen LogP contribution >= 0.6 is 0 Å². The normalized spacial score (nSPS) is 12.5. The predicted octanol–water partition coefficient (Wildman–Crippen LogP) is -0.0517. The minimum atomic E-state index is -0.492. The van der Waals surface area contributed by atoms with Crippen molar-refractivity contribution >= 4 is 5.69 Å². The van der Waals surface area contributed by atoms with Gasteiger partial charge in [0.1, 0.15) is 0 Å². The molecule has 1 heterocycles. The molecule has 0 aromatic carbocycles. The van der Waals surface area contributed by atoms with E-state index in [0.29, 0.717) is 5.69 Å². The van der Waals surface area contributed by atoms with Crippen molar-refractivity contribution in [1.29, 1.82) is 0 Å². The highest BCUT2D eigenvalue weighted by atomic mass is 16.6. The van der Waals surface area contributed by atoms with Crippen molar-refractivity contribution in [3.05, 3.63) is 34.1 Å². The van der Waals surface area contributed by atoms with Gasteiger partial charge >= 0.3 is 0 Å². The Balaban J connectivity index is 2.98. The first-order valence-electron chi connectivity index (χ1n) is 3.71. The van der Waals surface area contributed by atoms with E-state index >= 15 is 0 Å². The molecule has 0 radical (unpaired) electrons. The lowest BCUT2D eigenvalue weighted by atomic mass is 10.2. The van der Waals surface area contributed by atoms with Crippen LogP contribution in [0.1, 0.15) is 11.7 Å². The van der Waals surface area contributed by atoms with Gasteiger partial charge in [-0.3, -0.25) is 15.1 Å². The smallest absolute Gasteiger partial charge is 0.272 e. The molecule has 0 fully saturated rings. The van der Waals surface area contributed by atoms with E-state index in [0.717, 1.165) is 0 Å². The van der Waals surface area contributed by atoms with Crippen LogP contribution in [0.5, 0.6) is 0 Å². The summed E-state index contributed by atoms with van der Waals surface area (Å²) >= 11 is 0. The molecule has 0 aliphatic carbocycles. The molecule has 0 bridgehead atoms. The summed E-state index contributed by atoms with van der Waals surface area (Å²) in [5, 5.41) is 10.4. The second kappa shape index (κ2) is 3.92. The van der Waals surface area contributed by atoms with Gasteiger partial charge in [-0.15, -0.1) is 0 Å². The fraction of sp³-hybridized carbons (Fsp3) is 0.286. The Labute approximate surface area is 74.7 Å². The molecular weight excluding hydrogens is 172 g/mol. The first kappa shape index (κ1) is 9.56. The maximum Gasteiger partial charge on any atom is 0.272 e. The van der Waals surface area contributed by atoms with Crippen LogP contribution in [-0.4, -0.2) is 16.5 Å². The molecule has 6 nitrogen and oxygen atoms in total. The molecule has 1 atom stereocenters. The maximum absolute atomic E-state index is 10.4. The monoisotopic (exact) mass is 182 g/mol. The third kappa shape index (κ3) is 2.20. The highest BCUT2D eigenvalue weighted by molar-refractivity contribution is 5.30. The van der Waals surface area contributed by atoms with E-state index in [-0.39, 0.29) is 12.2 Å². The quantitative estimate of drug-likeness (QED) is 0.503. The molecular formula is C7H10N4O2. The summed E-state index contributed by atoms with van der Waals surface area (Å²) in [5.74, 6) is 0. The van der Waals surface area contributed by atoms with Crippen molar-refractivity contribution in [2.75, 3.05) is 6.54 Å². The zero-order valence-corrected chi connectivity index (χ0v) is 6.88. The number of nitro groups is 1. The second-order valence-corrected chi connectivity index (χ2v) is 2.54. The van der Waals surface area contributed by atoms with E-state index in [4.69, 9.17) is 11.5 Å². The average Bonchev–Trinajstić information content (AvgIpc) is 2.17. The molecule has 0 aliphatic rings. The van der Waals surface area contributed by atoms with Gasteiger partial charge in [-0.05, 0) is 0 Å². The summed E-state index contributed by atoms with van der Waals surface area (Å²) in [6.07, 6.45) is 1.35. The molecule has 1 unspecified atom stereocenters. The van der Waals surface area contributed by atoms with Crippen LogP contribution in [0, 0.1) is 10.1 Å². The second-order valence-electron chi connectivity index (χ2n) is 2.54. The fourth-order valence-corrected chi connectivity index (χ4v) is 0.874. The molecule has 0 spiro atoms. The predicted molar refractivity (Wildman–Crippen MR) is 46.9 cm³/mol. The molecule has 6 heteroatoms. The minimum Gasteiger partial charge on any atom is -0.329 e. The topological polar surface area (TPSA) is 108 Å². The van der Waals surface area contributed by atoms with Crippen molar-refractivity contribution < 1.29 is 4.92 Å². The number of nitrogens with two attached hydrogens (primary N) is 2. The minimum absolute atomic E-state index is 0.0195. The number of rotatable bonds is 3. The van der Waals surface area contributed by atoms with Crippen LogP contribution in [0.2, 0.25) is 0 Å². The molecule has 70 valence electrons. The van der Waals surface area contributed by atoms with Crippen molar-refractivity contribution in [1.82, 2.24) is 4.98 Å². The first-order chi connectivity index (χ1) is 6.15. The zero-order chi connectivity index (χ0) is 9.84. The molecule has 1 aromatic rings. The summed E-state index contributed by atoms with van der Waals surface area (Å²) < 4.78 is 0. The van der Waals surface area contributed by atoms with E-state index in [1.165, 1.54) is 18.3 Å². The largest absolute Gasteiger partial charge is 0.329 e. The van der Waals surface area contributed by atoms with E-state index in [1.807, 2.05) is 0 Å². The van der Waals surface area contributed by atoms with Gasteiger partial charge in [-0.1, -0.05) is 0 Å². The number of aromatic nitrogens is 1. The Morgan fingerprint density at radius 1 is 1.69 bits per heavy atom. The number of nitrogens with zero attached hydrogens (tertiary/aromatic N) is 2. The van der Waals surface area contributed by atoms with Gasteiger partial charge in [-0.25, -0.2) is 0 Å². The molecule has 0 saturated heterocycles. The lowest BCUT2D eigenvalue weighted by Gasteiger charge is -2.06. The van der Waals surface area contributed by atoms with Gasteiger partial charge in [0.2, 0.25) is 0 Å². The van der Waals surface area contributed by atoms with Crippen LogP contribution in [0.4, 0.5) is 5.69 Å². The third-order valence-electron chi connectivity index (χ3n) is 1.61. The van der Waals surface area contributed by atoms with Crippen LogP contribution < -0.4 is 11.5 Å². The van der Waals surface area contributed by atoms with Gasteiger partial charge in [0.15, 0.2) is 0 Å². The third-order valence-corrected chi connectivity index (χ3v) is 1.61. The summed E-state index contributed by atoms with van der Waals surface area (Å²) in [4.78, 5) is 13.8. The Kier molecular flexibility index (Phi) is 2.88. The lowest BCUT2D eigenvalue weighted by molar-refractivity contribution is -0.385. The maximum atomic E-state index is 10.4. The van der Waals surface area contributed by atoms with Crippen LogP contribution in [0.25, 0.3) is 0 Å². The van der Waals surface area contributed by atoms with E-state index in [2.05, 4.69) is 4.98 Å². The van der Waals surface area contributed by atoms with E-state index in [1.54, 1.807) is 0 Å². The molecule has 4 N–H and O–H groups in total. The Morgan fingerprint density at radius 2 is 2.38 bits per heavy atom. The van der Waals surface area contributed by atoms with Crippen molar-refractivity contribution in [2.45, 2.75) is 6.04 Å². The van der Waals surface area contributed by atoms with Gasteiger partial charge in [0.25, 0.3) is 5.69 Å². The summed E-state index contributed by atoms with van der Waals surface area (Å²) in [5.41, 5.74) is 11.3. The molecule has 1 aromatic heterocycles. The lowest BCUT2D eigenvalue weighted by Crippen LogP contribution is -2.21. The van der Waals surface area contributed by atoms with E-state index in [9.17, 15) is 10.1 Å². The standard InChI is InChI=1S/C7H10N4O2/c8-4-6(9)7-3-5(11(12)13)1-2-10-7/h1-3,6H,4,8-9H2. The first-order valence-corrected chi connectivity index (χ1v) is 3.71. The summed E-state index contributed by atoms with van der Waals surface area (Å²) in [6, 6.07) is 2.20. The van der Waals surface area contributed by atoms with Crippen LogP contribution in [0.15, 0.2) is 18.3 Å². The zero-order valence-electron chi connectivity index (χ0n) is 6.88. The molecule has 13 heavy (non-hydrogen) atoms. The molecule has 1 rings (SSSR count). The van der Waals surface area contributed by atoms with Crippen molar-refractivity contribution in [3.63, 3.8) is 0 Å². The molecule has 0 saturated carbocycles. The van der Waals surface area contributed by atoms with Crippen molar-refractivity contribution in [2.24, 2.45) is 11.5 Å².